The normalized spacial score (nSPS) is 19.6. The molecule has 3 heterocycles. The third-order valence-electron chi connectivity index (χ3n) is 7.13. The van der Waals surface area contributed by atoms with Gasteiger partial charge in [0.1, 0.15) is 17.8 Å². The first-order valence-electron chi connectivity index (χ1n) is 12.2. The molecule has 0 unspecified atom stereocenters. The van der Waals surface area contributed by atoms with E-state index in [1.165, 1.54) is 17.5 Å². The first kappa shape index (κ1) is 22.5. The molecule has 2 atom stereocenters. The summed E-state index contributed by atoms with van der Waals surface area (Å²) in [5.41, 5.74) is 3.70. The van der Waals surface area contributed by atoms with Gasteiger partial charge in [-0.25, -0.2) is 9.78 Å². The molecule has 36 heavy (non-hydrogen) atoms. The van der Waals surface area contributed by atoms with Crippen molar-refractivity contribution in [2.24, 2.45) is 0 Å². The molecule has 0 aliphatic carbocycles. The highest BCUT2D eigenvalue weighted by molar-refractivity contribution is 5.87. The Morgan fingerprint density at radius 3 is 1.92 bits per heavy atom. The lowest BCUT2D eigenvalue weighted by Gasteiger charge is -2.34. The van der Waals surface area contributed by atoms with Crippen molar-refractivity contribution in [2.45, 2.75) is 31.6 Å². The Bertz CT molecular complexity index is 1320. The van der Waals surface area contributed by atoms with Gasteiger partial charge in [0.15, 0.2) is 0 Å². The van der Waals surface area contributed by atoms with Crippen LogP contribution < -0.4 is 4.74 Å². The van der Waals surface area contributed by atoms with Crippen LogP contribution in [0, 0.1) is 0 Å². The van der Waals surface area contributed by atoms with E-state index in [0.717, 1.165) is 43.2 Å². The minimum Gasteiger partial charge on any atom is -0.478 e. The van der Waals surface area contributed by atoms with E-state index in [-0.39, 0.29) is 0 Å². The number of piperazine rings is 1. The molecule has 2 fully saturated rings. The minimum atomic E-state index is -0.880. The molecule has 0 saturated carbocycles. The monoisotopic (exact) mass is 481 g/mol. The number of aromatic carboxylic acids is 1. The van der Waals surface area contributed by atoms with Gasteiger partial charge in [0.05, 0.1) is 11.8 Å². The van der Waals surface area contributed by atoms with Crippen molar-refractivity contribution in [3.63, 3.8) is 0 Å². The number of ether oxygens (including phenoxy) is 1. The maximum Gasteiger partial charge on any atom is 0.335 e. The zero-order valence-electron chi connectivity index (χ0n) is 19.8. The van der Waals surface area contributed by atoms with Crippen LogP contribution in [0.1, 0.15) is 27.9 Å². The summed E-state index contributed by atoms with van der Waals surface area (Å²) in [5, 5.41) is 9.09. The summed E-state index contributed by atoms with van der Waals surface area (Å²) >= 11 is 0. The second-order valence-electron chi connectivity index (χ2n) is 9.51. The van der Waals surface area contributed by atoms with Crippen LogP contribution in [0.5, 0.6) is 11.5 Å². The van der Waals surface area contributed by atoms with Gasteiger partial charge in [0.25, 0.3) is 0 Å². The van der Waals surface area contributed by atoms with Gasteiger partial charge in [-0.1, -0.05) is 24.3 Å². The van der Waals surface area contributed by atoms with Gasteiger partial charge in [-0.05, 0) is 66.1 Å². The van der Waals surface area contributed by atoms with Crippen LogP contribution in [-0.4, -0.2) is 51.0 Å². The van der Waals surface area contributed by atoms with Crippen molar-refractivity contribution < 1.29 is 19.1 Å². The molecule has 2 aliphatic rings. The topological polar surface area (TPSA) is 79.0 Å². The molecule has 182 valence electrons. The number of carboxylic acids is 1. The highest BCUT2D eigenvalue weighted by Crippen LogP contribution is 2.33. The molecular weight excluding hydrogens is 454 g/mol. The van der Waals surface area contributed by atoms with Crippen molar-refractivity contribution in [2.75, 3.05) is 13.1 Å². The Morgan fingerprint density at radius 2 is 1.42 bits per heavy atom. The third kappa shape index (κ3) is 4.76. The van der Waals surface area contributed by atoms with E-state index in [2.05, 4.69) is 26.9 Å². The summed E-state index contributed by atoms with van der Waals surface area (Å²) in [5.74, 6) is 1.30. The number of nitrogens with zero attached hydrogens (tertiary/aromatic N) is 3. The van der Waals surface area contributed by atoms with Gasteiger partial charge in [-0.15, -0.1) is 0 Å². The number of fused-ring (bicyclic) bond motifs is 2. The number of aromatic nitrogens is 1. The van der Waals surface area contributed by atoms with Crippen molar-refractivity contribution >= 4 is 5.97 Å². The number of hydrogen-bond acceptors (Lipinski definition) is 6. The van der Waals surface area contributed by atoms with Crippen LogP contribution in [0.15, 0.2) is 89.7 Å². The molecule has 2 aliphatic heterocycles. The molecule has 0 spiro atoms. The smallest absolute Gasteiger partial charge is 0.335 e. The van der Waals surface area contributed by atoms with Gasteiger partial charge in [-0.3, -0.25) is 9.80 Å². The lowest BCUT2D eigenvalue weighted by atomic mass is 10.1. The van der Waals surface area contributed by atoms with E-state index >= 15 is 0 Å². The Labute approximate surface area is 209 Å². The Balaban J connectivity index is 1.01. The largest absolute Gasteiger partial charge is 0.478 e. The van der Waals surface area contributed by atoms with E-state index in [9.17, 15) is 4.79 Å². The fraction of sp³-hybridized carbons (Fsp3) is 0.241. The van der Waals surface area contributed by atoms with Crippen LogP contribution in [0.3, 0.4) is 0 Å². The maximum absolute atomic E-state index is 11.1. The molecule has 0 amide bonds. The Hall–Kier alpha value is -3.94. The lowest BCUT2D eigenvalue weighted by molar-refractivity contribution is 0.0697. The van der Waals surface area contributed by atoms with Gasteiger partial charge in [0.2, 0.25) is 5.89 Å². The predicted molar refractivity (Wildman–Crippen MR) is 135 cm³/mol. The number of benzene rings is 3. The first-order valence-corrected chi connectivity index (χ1v) is 12.2. The first-order chi connectivity index (χ1) is 17.6. The molecule has 0 radical (unpaired) electrons. The highest BCUT2D eigenvalue weighted by Gasteiger charge is 2.42. The molecule has 6 rings (SSSR count). The lowest BCUT2D eigenvalue weighted by Crippen LogP contribution is -2.45. The molecule has 2 saturated heterocycles. The van der Waals surface area contributed by atoms with E-state index in [0.29, 0.717) is 23.5 Å². The molecule has 7 heteroatoms. The van der Waals surface area contributed by atoms with E-state index in [1.54, 1.807) is 24.6 Å². The molecular formula is C29H27N3O4. The zero-order valence-corrected chi connectivity index (χ0v) is 19.8. The number of oxazole rings is 1. The highest BCUT2D eigenvalue weighted by atomic mass is 16.5. The van der Waals surface area contributed by atoms with Crippen LogP contribution in [0.25, 0.3) is 11.5 Å². The quantitative estimate of drug-likeness (QED) is 0.366. The number of carboxylic acid groups (broad SMARTS) is 1. The third-order valence-corrected chi connectivity index (χ3v) is 7.13. The van der Waals surface area contributed by atoms with E-state index in [4.69, 9.17) is 14.3 Å². The second-order valence-corrected chi connectivity index (χ2v) is 9.51. The van der Waals surface area contributed by atoms with Crippen molar-refractivity contribution in [3.05, 3.63) is 102 Å². The average molecular weight is 482 g/mol. The summed E-state index contributed by atoms with van der Waals surface area (Å²) in [4.78, 5) is 20.3. The van der Waals surface area contributed by atoms with Crippen molar-refractivity contribution in [3.8, 4) is 23.0 Å². The van der Waals surface area contributed by atoms with Gasteiger partial charge >= 0.3 is 5.97 Å². The minimum absolute atomic E-state index is 0.338. The summed E-state index contributed by atoms with van der Waals surface area (Å²) in [6, 6.07) is 24.4. The molecule has 1 aromatic heterocycles. The summed E-state index contributed by atoms with van der Waals surface area (Å²) in [6.45, 7) is 3.93. The van der Waals surface area contributed by atoms with Gasteiger partial charge < -0.3 is 14.3 Å². The Kier molecular flexibility index (Phi) is 6.01. The van der Waals surface area contributed by atoms with Crippen LogP contribution in [-0.2, 0) is 13.1 Å². The van der Waals surface area contributed by atoms with Crippen LogP contribution in [0.2, 0.25) is 0 Å². The number of likely N-dealkylation sites (tertiary alicyclic amines) is 2. The molecule has 7 nitrogen and oxygen atoms in total. The molecule has 4 aromatic rings. The summed E-state index contributed by atoms with van der Waals surface area (Å²) in [7, 11) is 0. The standard InChI is InChI=1S/C29H27N3O4/c33-29(34)23-5-1-20(2-6-23)16-31-18-25-15-24(31)19-32(25)17-21-3-9-26(10-4-21)36-27-11-7-22(8-12-27)28-30-13-14-35-28/h1-14,24-25H,15-19H2,(H,33,34)/t24-,25-/m0/s1. The fourth-order valence-corrected chi connectivity index (χ4v) is 5.27. The molecule has 3 aromatic carbocycles. The maximum atomic E-state index is 11.1. The Morgan fingerprint density at radius 1 is 0.861 bits per heavy atom. The van der Waals surface area contributed by atoms with Crippen molar-refractivity contribution in [1.82, 2.24) is 14.8 Å². The predicted octanol–water partition coefficient (Wildman–Crippen LogP) is 5.29. The average Bonchev–Trinajstić information content (AvgIpc) is 3.65. The van der Waals surface area contributed by atoms with Crippen molar-refractivity contribution in [1.29, 1.82) is 0 Å². The van der Waals surface area contributed by atoms with E-state index < -0.39 is 5.97 Å². The van der Waals surface area contributed by atoms with Crippen LogP contribution >= 0.6 is 0 Å². The second kappa shape index (κ2) is 9.60. The molecule has 2 bridgehead atoms. The number of rotatable bonds is 8. The van der Waals surface area contributed by atoms with Gasteiger partial charge in [0, 0.05) is 43.8 Å². The SMILES string of the molecule is O=C(O)c1ccc(CN2C[C@@H]3C[C@H]2CN3Cc2ccc(Oc3ccc(-c4ncco4)cc3)cc2)cc1. The van der Waals surface area contributed by atoms with E-state index in [1.807, 2.05) is 48.5 Å². The number of hydrogen-bond donors (Lipinski definition) is 1. The summed E-state index contributed by atoms with van der Waals surface area (Å²) in [6.07, 6.45) is 4.39. The van der Waals surface area contributed by atoms with Crippen LogP contribution in [0.4, 0.5) is 0 Å². The fourth-order valence-electron chi connectivity index (χ4n) is 5.27. The molecule has 1 N–H and O–H groups in total. The number of carbonyl (C=O) groups is 1. The van der Waals surface area contributed by atoms with Gasteiger partial charge in [-0.2, -0.15) is 0 Å². The zero-order chi connectivity index (χ0) is 24.5. The summed E-state index contributed by atoms with van der Waals surface area (Å²) < 4.78 is 11.3.